The van der Waals surface area contributed by atoms with Gasteiger partial charge in [-0.15, -0.1) is 0 Å². The van der Waals surface area contributed by atoms with Gasteiger partial charge in [0, 0.05) is 25.9 Å². The summed E-state index contributed by atoms with van der Waals surface area (Å²) in [5.74, 6) is -1.14. The van der Waals surface area contributed by atoms with Gasteiger partial charge in [0.25, 0.3) is 0 Å². The summed E-state index contributed by atoms with van der Waals surface area (Å²) in [6, 6.07) is -1.12. The lowest BCUT2D eigenvalue weighted by molar-refractivity contribution is -0.142. The lowest BCUT2D eigenvalue weighted by Gasteiger charge is -2.28. The molecular weight excluding hydrogens is 250 g/mol. The normalized spacial score (nSPS) is 12.9. The summed E-state index contributed by atoms with van der Waals surface area (Å²) in [7, 11) is 3.07. The number of hydrogen-bond acceptors (Lipinski definition) is 4. The molecule has 1 amide bonds. The molecule has 1 aromatic rings. The molecule has 0 fully saturated rings. The molecule has 1 heterocycles. The Labute approximate surface area is 111 Å². The summed E-state index contributed by atoms with van der Waals surface area (Å²) in [6.07, 6.45) is 2.28. The van der Waals surface area contributed by atoms with Crippen LogP contribution in [0.15, 0.2) is 12.4 Å². The van der Waals surface area contributed by atoms with Crippen molar-refractivity contribution < 1.29 is 19.4 Å². The van der Waals surface area contributed by atoms with Crippen LogP contribution in [0.2, 0.25) is 0 Å². The van der Waals surface area contributed by atoms with Crippen LogP contribution in [0.5, 0.6) is 0 Å². The number of nitrogens with zero attached hydrogens (tertiary/aromatic N) is 3. The number of aryl methyl sites for hydroxylation is 1. The van der Waals surface area contributed by atoms with E-state index in [9.17, 15) is 14.7 Å². The Bertz CT molecular complexity index is 476. The monoisotopic (exact) mass is 269 g/mol. The van der Waals surface area contributed by atoms with E-state index in [2.05, 4.69) is 5.10 Å². The second-order valence-electron chi connectivity index (χ2n) is 5.28. The maximum Gasteiger partial charge on any atom is 0.411 e. The molecule has 1 atom stereocenters. The van der Waals surface area contributed by atoms with Crippen LogP contribution >= 0.6 is 0 Å². The topological polar surface area (TPSA) is 84.7 Å². The Balaban J connectivity index is 2.94. The maximum atomic E-state index is 11.9. The highest BCUT2D eigenvalue weighted by Crippen LogP contribution is 2.21. The third-order valence-corrected chi connectivity index (χ3v) is 2.34. The quantitative estimate of drug-likeness (QED) is 0.896. The van der Waals surface area contributed by atoms with Gasteiger partial charge in [0.05, 0.1) is 6.20 Å². The standard InChI is InChI=1S/C12H19N3O4/c1-12(2,3)19-11(18)15(5)9(10(16)17)8-6-13-14(4)7-8/h6-7,9H,1-5H3,(H,16,17). The van der Waals surface area contributed by atoms with Gasteiger partial charge in [0.1, 0.15) is 5.60 Å². The minimum Gasteiger partial charge on any atom is -0.479 e. The largest absolute Gasteiger partial charge is 0.479 e. The number of hydrogen-bond donors (Lipinski definition) is 1. The fraction of sp³-hybridized carbons (Fsp3) is 0.583. The van der Waals surface area contributed by atoms with Crippen molar-refractivity contribution in [2.45, 2.75) is 32.4 Å². The van der Waals surface area contributed by atoms with Crippen molar-refractivity contribution in [2.75, 3.05) is 7.05 Å². The van der Waals surface area contributed by atoms with Gasteiger partial charge in [-0.05, 0) is 20.8 Å². The van der Waals surface area contributed by atoms with Crippen LogP contribution in [-0.2, 0) is 16.6 Å². The highest BCUT2D eigenvalue weighted by Gasteiger charge is 2.32. The second kappa shape index (κ2) is 5.29. The van der Waals surface area contributed by atoms with Gasteiger partial charge in [-0.1, -0.05) is 0 Å². The zero-order valence-electron chi connectivity index (χ0n) is 11.7. The smallest absolute Gasteiger partial charge is 0.411 e. The van der Waals surface area contributed by atoms with Crippen LogP contribution in [-0.4, -0.2) is 44.5 Å². The lowest BCUT2D eigenvalue weighted by atomic mass is 10.1. The number of carboxylic acid groups (broad SMARTS) is 1. The fourth-order valence-electron chi connectivity index (χ4n) is 1.55. The Kier molecular flexibility index (Phi) is 4.18. The molecule has 1 unspecified atom stereocenters. The average molecular weight is 269 g/mol. The number of aromatic nitrogens is 2. The van der Waals surface area contributed by atoms with E-state index in [4.69, 9.17) is 4.74 Å². The van der Waals surface area contributed by atoms with E-state index in [1.54, 1.807) is 34.0 Å². The third kappa shape index (κ3) is 3.97. The predicted octanol–water partition coefficient (Wildman–Crippen LogP) is 1.41. The van der Waals surface area contributed by atoms with Crippen molar-refractivity contribution in [1.29, 1.82) is 0 Å². The summed E-state index contributed by atoms with van der Waals surface area (Å²) in [4.78, 5) is 24.3. The third-order valence-electron chi connectivity index (χ3n) is 2.34. The number of carbonyl (C=O) groups excluding carboxylic acids is 1. The molecule has 19 heavy (non-hydrogen) atoms. The van der Waals surface area contributed by atoms with E-state index >= 15 is 0 Å². The molecule has 0 aliphatic carbocycles. The van der Waals surface area contributed by atoms with Gasteiger partial charge < -0.3 is 9.84 Å². The van der Waals surface area contributed by atoms with Crippen LogP contribution in [0.25, 0.3) is 0 Å². The summed E-state index contributed by atoms with van der Waals surface area (Å²) in [5, 5.41) is 13.2. The Morgan fingerprint density at radius 1 is 1.47 bits per heavy atom. The molecule has 0 saturated heterocycles. The van der Waals surface area contributed by atoms with E-state index in [0.29, 0.717) is 5.56 Å². The molecule has 106 valence electrons. The first-order valence-corrected chi connectivity index (χ1v) is 5.79. The van der Waals surface area contributed by atoms with E-state index in [-0.39, 0.29) is 0 Å². The molecule has 0 spiro atoms. The van der Waals surface area contributed by atoms with Crippen molar-refractivity contribution >= 4 is 12.1 Å². The molecule has 0 aliphatic heterocycles. The van der Waals surface area contributed by atoms with Crippen LogP contribution in [0.1, 0.15) is 32.4 Å². The van der Waals surface area contributed by atoms with E-state index in [1.165, 1.54) is 17.9 Å². The first kappa shape index (κ1) is 15.0. The molecule has 7 heteroatoms. The minimum atomic E-state index is -1.14. The zero-order chi connectivity index (χ0) is 14.8. The number of carbonyl (C=O) groups is 2. The highest BCUT2D eigenvalue weighted by atomic mass is 16.6. The van der Waals surface area contributed by atoms with Crippen molar-refractivity contribution in [1.82, 2.24) is 14.7 Å². The molecule has 1 aromatic heterocycles. The molecule has 7 nitrogen and oxygen atoms in total. The number of carboxylic acids is 1. The van der Waals surface area contributed by atoms with Gasteiger partial charge in [-0.25, -0.2) is 9.59 Å². The van der Waals surface area contributed by atoms with Gasteiger partial charge in [-0.2, -0.15) is 5.10 Å². The van der Waals surface area contributed by atoms with Crippen molar-refractivity contribution in [2.24, 2.45) is 7.05 Å². The number of aliphatic carboxylic acids is 1. The van der Waals surface area contributed by atoms with Gasteiger partial charge in [0.15, 0.2) is 6.04 Å². The van der Waals surface area contributed by atoms with Crippen LogP contribution in [0.3, 0.4) is 0 Å². The Morgan fingerprint density at radius 3 is 2.42 bits per heavy atom. The Morgan fingerprint density at radius 2 is 2.05 bits per heavy atom. The summed E-state index contributed by atoms with van der Waals surface area (Å²) < 4.78 is 6.64. The van der Waals surface area contributed by atoms with Gasteiger partial charge in [-0.3, -0.25) is 9.58 Å². The number of rotatable bonds is 3. The van der Waals surface area contributed by atoms with E-state index in [0.717, 1.165) is 4.90 Å². The maximum absolute atomic E-state index is 11.9. The summed E-state index contributed by atoms with van der Waals surface area (Å²) in [6.45, 7) is 5.16. The second-order valence-corrected chi connectivity index (χ2v) is 5.28. The van der Waals surface area contributed by atoms with Crippen LogP contribution in [0.4, 0.5) is 4.79 Å². The van der Waals surface area contributed by atoms with Crippen molar-refractivity contribution in [3.05, 3.63) is 18.0 Å². The highest BCUT2D eigenvalue weighted by molar-refractivity contribution is 5.81. The zero-order valence-corrected chi connectivity index (χ0v) is 11.7. The fourth-order valence-corrected chi connectivity index (χ4v) is 1.55. The first-order valence-electron chi connectivity index (χ1n) is 5.79. The summed E-state index contributed by atoms with van der Waals surface area (Å²) in [5.41, 5.74) is -0.257. The van der Waals surface area contributed by atoms with E-state index in [1.807, 2.05) is 0 Å². The van der Waals surface area contributed by atoms with Crippen LogP contribution in [0, 0.1) is 0 Å². The Hall–Kier alpha value is -2.05. The molecule has 0 aromatic carbocycles. The molecule has 1 rings (SSSR count). The van der Waals surface area contributed by atoms with Crippen molar-refractivity contribution in [3.63, 3.8) is 0 Å². The molecular formula is C12H19N3O4. The van der Waals surface area contributed by atoms with E-state index < -0.39 is 23.7 Å². The molecule has 0 aliphatic rings. The van der Waals surface area contributed by atoms with Gasteiger partial charge in [0.2, 0.25) is 0 Å². The van der Waals surface area contributed by atoms with Crippen LogP contribution < -0.4 is 0 Å². The SMILES string of the molecule is CN(C(=O)OC(C)(C)C)C(C(=O)O)c1cnn(C)c1. The van der Waals surface area contributed by atoms with Gasteiger partial charge >= 0.3 is 12.1 Å². The molecule has 1 N–H and O–H groups in total. The minimum absolute atomic E-state index is 0.420. The number of amides is 1. The molecule has 0 saturated carbocycles. The first-order chi connectivity index (χ1) is 8.61. The summed E-state index contributed by atoms with van der Waals surface area (Å²) >= 11 is 0. The number of ether oxygens (including phenoxy) is 1. The lowest BCUT2D eigenvalue weighted by Crippen LogP contribution is -2.39. The average Bonchev–Trinajstić information content (AvgIpc) is 2.61. The molecule has 0 radical (unpaired) electrons. The molecule has 0 bridgehead atoms. The predicted molar refractivity (Wildman–Crippen MR) is 67.6 cm³/mol. The number of likely N-dealkylation sites (N-methyl/N-ethyl adjacent to an activating group) is 1. The van der Waals surface area contributed by atoms with Crippen molar-refractivity contribution in [3.8, 4) is 0 Å².